The van der Waals surface area contributed by atoms with E-state index in [9.17, 15) is 9.59 Å². The minimum atomic E-state index is -0.387. The molecule has 3 aromatic rings. The molecular formula is C26H25BrClN3O3S. The van der Waals surface area contributed by atoms with Gasteiger partial charge in [-0.3, -0.25) is 14.9 Å². The number of thiocarbonyl (C=S) groups is 1. The Morgan fingerprint density at radius 3 is 2.51 bits per heavy atom. The Hall–Kier alpha value is -2.94. The summed E-state index contributed by atoms with van der Waals surface area (Å²) in [5, 5.41) is 8.82. The quantitative estimate of drug-likeness (QED) is 0.251. The van der Waals surface area contributed by atoms with Gasteiger partial charge in [0.1, 0.15) is 5.75 Å². The molecule has 0 heterocycles. The van der Waals surface area contributed by atoms with Gasteiger partial charge in [-0.25, -0.2) is 0 Å². The maximum atomic E-state index is 12.7. The van der Waals surface area contributed by atoms with Gasteiger partial charge in [0.2, 0.25) is 5.91 Å². The SMILES string of the molecule is CCCC(=O)Nc1ccc(Cl)c(NC(=S)NC(=O)c2ccc(OCCc3ccccc3)c(Br)c2)c1. The molecule has 2 amide bonds. The average Bonchev–Trinajstić information content (AvgIpc) is 2.83. The van der Waals surface area contributed by atoms with E-state index in [0.29, 0.717) is 45.2 Å². The smallest absolute Gasteiger partial charge is 0.257 e. The zero-order valence-electron chi connectivity index (χ0n) is 19.1. The molecule has 0 fully saturated rings. The lowest BCUT2D eigenvalue weighted by molar-refractivity contribution is -0.116. The van der Waals surface area contributed by atoms with Gasteiger partial charge in [0.15, 0.2) is 5.11 Å². The second-order valence-corrected chi connectivity index (χ2v) is 9.30. The number of anilines is 2. The third kappa shape index (κ3) is 8.35. The van der Waals surface area contributed by atoms with E-state index in [1.54, 1.807) is 36.4 Å². The normalized spacial score (nSPS) is 10.4. The van der Waals surface area contributed by atoms with Crippen LogP contribution in [0.5, 0.6) is 5.75 Å². The Labute approximate surface area is 223 Å². The van der Waals surface area contributed by atoms with Crippen LogP contribution in [0.2, 0.25) is 5.02 Å². The summed E-state index contributed by atoms with van der Waals surface area (Å²) in [6.45, 7) is 2.45. The van der Waals surface area contributed by atoms with Crippen molar-refractivity contribution >= 4 is 68.1 Å². The Morgan fingerprint density at radius 2 is 1.80 bits per heavy atom. The van der Waals surface area contributed by atoms with Gasteiger partial charge in [-0.1, -0.05) is 48.9 Å². The van der Waals surface area contributed by atoms with Crippen molar-refractivity contribution in [2.75, 3.05) is 17.2 Å². The van der Waals surface area contributed by atoms with E-state index in [4.69, 9.17) is 28.6 Å². The monoisotopic (exact) mass is 573 g/mol. The minimum Gasteiger partial charge on any atom is -0.492 e. The van der Waals surface area contributed by atoms with Gasteiger partial charge in [-0.05, 0) is 76.5 Å². The standard InChI is InChI=1S/C26H25BrClN3O3S/c1-2-6-24(32)29-19-10-11-21(28)22(16-19)30-26(35)31-25(33)18-9-12-23(20(27)15-18)34-14-13-17-7-4-3-5-8-17/h3-5,7-12,15-16H,2,6,13-14H2,1H3,(H,29,32)(H2,30,31,33,35). The van der Waals surface area contributed by atoms with Crippen LogP contribution in [0.3, 0.4) is 0 Å². The van der Waals surface area contributed by atoms with Crippen LogP contribution in [0.25, 0.3) is 0 Å². The number of nitrogens with one attached hydrogen (secondary N) is 3. The van der Waals surface area contributed by atoms with Crippen molar-refractivity contribution < 1.29 is 14.3 Å². The van der Waals surface area contributed by atoms with E-state index in [0.717, 1.165) is 12.8 Å². The van der Waals surface area contributed by atoms with Crippen LogP contribution in [0.4, 0.5) is 11.4 Å². The van der Waals surface area contributed by atoms with Gasteiger partial charge < -0.3 is 15.4 Å². The number of carbonyl (C=O) groups is 2. The van der Waals surface area contributed by atoms with Gasteiger partial charge in [-0.15, -0.1) is 0 Å². The van der Waals surface area contributed by atoms with E-state index in [2.05, 4.69) is 44.0 Å². The zero-order valence-corrected chi connectivity index (χ0v) is 22.2. The van der Waals surface area contributed by atoms with E-state index < -0.39 is 0 Å². The summed E-state index contributed by atoms with van der Waals surface area (Å²) in [6, 6.07) is 20.1. The number of rotatable bonds is 9. The molecule has 0 aliphatic carbocycles. The molecule has 0 radical (unpaired) electrons. The summed E-state index contributed by atoms with van der Waals surface area (Å²) in [5.74, 6) is 0.171. The fourth-order valence-corrected chi connectivity index (χ4v) is 4.02. The maximum absolute atomic E-state index is 12.7. The fourth-order valence-electron chi connectivity index (χ4n) is 3.16. The molecule has 0 saturated carbocycles. The minimum absolute atomic E-state index is 0.0771. The molecule has 0 spiro atoms. The summed E-state index contributed by atoms with van der Waals surface area (Å²) in [4.78, 5) is 24.5. The highest BCUT2D eigenvalue weighted by Crippen LogP contribution is 2.27. The summed E-state index contributed by atoms with van der Waals surface area (Å²) in [7, 11) is 0. The van der Waals surface area contributed by atoms with Crippen molar-refractivity contribution in [3.8, 4) is 5.75 Å². The summed E-state index contributed by atoms with van der Waals surface area (Å²) in [6.07, 6.45) is 1.95. The Balaban J connectivity index is 1.56. The molecule has 0 atom stereocenters. The molecule has 9 heteroatoms. The Kier molecular flexibility index (Phi) is 10.1. The lowest BCUT2D eigenvalue weighted by Crippen LogP contribution is -2.34. The maximum Gasteiger partial charge on any atom is 0.257 e. The second kappa shape index (κ2) is 13.2. The lowest BCUT2D eigenvalue weighted by atomic mass is 10.2. The average molecular weight is 575 g/mol. The molecular weight excluding hydrogens is 550 g/mol. The van der Waals surface area contributed by atoms with Gasteiger partial charge in [0.05, 0.1) is 21.8 Å². The second-order valence-electron chi connectivity index (χ2n) is 7.63. The molecule has 6 nitrogen and oxygen atoms in total. The first-order chi connectivity index (χ1) is 16.9. The highest BCUT2D eigenvalue weighted by Gasteiger charge is 2.13. The Bertz CT molecular complexity index is 1210. The molecule has 35 heavy (non-hydrogen) atoms. The molecule has 0 aromatic heterocycles. The third-order valence-corrected chi connectivity index (χ3v) is 6.04. The molecule has 3 rings (SSSR count). The molecule has 3 N–H and O–H groups in total. The molecule has 3 aromatic carbocycles. The van der Waals surface area contributed by atoms with Gasteiger partial charge in [0, 0.05) is 24.1 Å². The predicted molar refractivity (Wildman–Crippen MR) is 148 cm³/mol. The lowest BCUT2D eigenvalue weighted by Gasteiger charge is -2.13. The first kappa shape index (κ1) is 26.7. The number of ether oxygens (including phenoxy) is 1. The van der Waals surface area contributed by atoms with Crippen LogP contribution >= 0.6 is 39.7 Å². The number of amides is 2. The largest absolute Gasteiger partial charge is 0.492 e. The van der Waals surface area contributed by atoms with E-state index in [-0.39, 0.29) is 16.9 Å². The molecule has 0 aliphatic heterocycles. The van der Waals surface area contributed by atoms with Gasteiger partial charge in [0.25, 0.3) is 5.91 Å². The highest BCUT2D eigenvalue weighted by atomic mass is 79.9. The van der Waals surface area contributed by atoms with Crippen LogP contribution in [0, 0.1) is 0 Å². The number of halogens is 2. The summed E-state index contributed by atoms with van der Waals surface area (Å²) < 4.78 is 6.50. The van der Waals surface area contributed by atoms with Crippen LogP contribution in [0.15, 0.2) is 71.2 Å². The van der Waals surface area contributed by atoms with Crippen molar-refractivity contribution in [3.63, 3.8) is 0 Å². The first-order valence-electron chi connectivity index (χ1n) is 11.0. The molecule has 0 bridgehead atoms. The molecule has 182 valence electrons. The van der Waals surface area contributed by atoms with Crippen molar-refractivity contribution in [3.05, 3.63) is 87.4 Å². The van der Waals surface area contributed by atoms with Crippen LogP contribution < -0.4 is 20.7 Å². The van der Waals surface area contributed by atoms with Gasteiger partial charge in [-0.2, -0.15) is 0 Å². The highest BCUT2D eigenvalue weighted by molar-refractivity contribution is 9.10. The third-order valence-electron chi connectivity index (χ3n) is 4.89. The fraction of sp³-hybridized carbons (Fsp3) is 0.192. The summed E-state index contributed by atoms with van der Waals surface area (Å²) >= 11 is 15.0. The number of hydrogen-bond acceptors (Lipinski definition) is 4. The zero-order chi connectivity index (χ0) is 25.2. The van der Waals surface area contributed by atoms with E-state index in [1.165, 1.54) is 5.56 Å². The number of benzene rings is 3. The summed E-state index contributed by atoms with van der Waals surface area (Å²) in [5.41, 5.74) is 2.64. The topological polar surface area (TPSA) is 79.5 Å². The molecule has 0 unspecified atom stereocenters. The van der Waals surface area contributed by atoms with Crippen LogP contribution in [-0.4, -0.2) is 23.5 Å². The van der Waals surface area contributed by atoms with Crippen molar-refractivity contribution in [1.82, 2.24) is 5.32 Å². The van der Waals surface area contributed by atoms with E-state index >= 15 is 0 Å². The Morgan fingerprint density at radius 1 is 1.03 bits per heavy atom. The molecule has 0 aliphatic rings. The van der Waals surface area contributed by atoms with Crippen LogP contribution in [0.1, 0.15) is 35.7 Å². The van der Waals surface area contributed by atoms with E-state index in [1.807, 2.05) is 25.1 Å². The van der Waals surface area contributed by atoms with Gasteiger partial charge >= 0.3 is 0 Å². The van der Waals surface area contributed by atoms with Crippen molar-refractivity contribution in [2.45, 2.75) is 26.2 Å². The number of hydrogen-bond donors (Lipinski definition) is 3. The predicted octanol–water partition coefficient (Wildman–Crippen LogP) is 6.59. The van der Waals surface area contributed by atoms with Crippen molar-refractivity contribution in [2.24, 2.45) is 0 Å². The molecule has 0 saturated heterocycles. The first-order valence-corrected chi connectivity index (χ1v) is 12.6. The van der Waals surface area contributed by atoms with Crippen molar-refractivity contribution in [1.29, 1.82) is 0 Å². The number of carbonyl (C=O) groups excluding carboxylic acids is 2. The van der Waals surface area contributed by atoms with Crippen LogP contribution in [-0.2, 0) is 11.2 Å².